The second kappa shape index (κ2) is 6.64. The molecule has 0 radical (unpaired) electrons. The van der Waals surface area contributed by atoms with E-state index in [4.69, 9.17) is 15.1 Å². The fourth-order valence-corrected chi connectivity index (χ4v) is 5.46. The summed E-state index contributed by atoms with van der Waals surface area (Å²) < 4.78 is 5.40. The van der Waals surface area contributed by atoms with Crippen molar-refractivity contribution in [3.63, 3.8) is 0 Å². The van der Waals surface area contributed by atoms with Crippen LogP contribution in [0.15, 0.2) is 40.3 Å². The summed E-state index contributed by atoms with van der Waals surface area (Å²) in [6.07, 6.45) is 8.87. The number of rotatable bonds is 4. The summed E-state index contributed by atoms with van der Waals surface area (Å²) in [6.45, 7) is 4.41. The lowest BCUT2D eigenvalue weighted by molar-refractivity contribution is -0.0884. The quantitative estimate of drug-likeness (QED) is 0.717. The molecule has 7 heteroatoms. The van der Waals surface area contributed by atoms with E-state index in [0.717, 1.165) is 31.4 Å². The number of nitrogens with zero attached hydrogens (tertiary/aromatic N) is 3. The predicted molar refractivity (Wildman–Crippen MR) is 103 cm³/mol. The van der Waals surface area contributed by atoms with Gasteiger partial charge in [-0.05, 0) is 49.7 Å². The molecule has 0 aliphatic heterocycles. The molecule has 4 rings (SSSR count). The maximum absolute atomic E-state index is 11.2. The summed E-state index contributed by atoms with van der Waals surface area (Å²) in [4.78, 5) is 8.48. The third-order valence-electron chi connectivity index (χ3n) is 5.79. The van der Waals surface area contributed by atoms with E-state index >= 15 is 0 Å². The molecule has 0 aromatic carbocycles. The number of allylic oxidation sites excluding steroid dienone is 1. The number of hydrogen-bond acceptors (Lipinski definition) is 6. The number of nitrogens with two attached hydrogens (primary N) is 1. The molecule has 27 heavy (non-hydrogen) atoms. The first-order valence-corrected chi connectivity index (χ1v) is 9.57. The van der Waals surface area contributed by atoms with Crippen molar-refractivity contribution in [2.45, 2.75) is 57.1 Å². The van der Waals surface area contributed by atoms with Gasteiger partial charge in [-0.1, -0.05) is 13.8 Å². The number of nitrogens with one attached hydrogen (secondary N) is 1. The minimum atomic E-state index is -0.642. The van der Waals surface area contributed by atoms with E-state index in [1.807, 2.05) is 18.3 Å². The van der Waals surface area contributed by atoms with E-state index in [0.29, 0.717) is 35.4 Å². The molecule has 2 aromatic rings. The van der Waals surface area contributed by atoms with Gasteiger partial charge in [0.2, 0.25) is 6.39 Å². The van der Waals surface area contributed by atoms with Gasteiger partial charge in [0.15, 0.2) is 0 Å². The molecule has 4 atom stereocenters. The van der Waals surface area contributed by atoms with Crippen molar-refractivity contribution >= 4 is 11.3 Å². The summed E-state index contributed by atoms with van der Waals surface area (Å²) in [5.41, 5.74) is 7.14. The van der Waals surface area contributed by atoms with Gasteiger partial charge in [-0.15, -0.1) is 10.2 Å². The van der Waals surface area contributed by atoms with Crippen LogP contribution >= 0.6 is 0 Å². The van der Waals surface area contributed by atoms with E-state index < -0.39 is 5.60 Å². The first kappa shape index (κ1) is 18.0. The molecule has 2 aromatic heterocycles. The zero-order chi connectivity index (χ0) is 19.1. The lowest BCUT2D eigenvalue weighted by Gasteiger charge is -2.52. The average Bonchev–Trinajstić information content (AvgIpc) is 3.26. The molecule has 2 saturated carbocycles. The van der Waals surface area contributed by atoms with Crippen molar-refractivity contribution in [1.29, 1.82) is 0 Å². The second-order valence-corrected chi connectivity index (χ2v) is 8.52. The molecule has 0 saturated heterocycles. The van der Waals surface area contributed by atoms with Gasteiger partial charge in [-0.3, -0.25) is 4.99 Å². The summed E-state index contributed by atoms with van der Waals surface area (Å²) in [7, 11) is 0. The Balaban J connectivity index is 1.83. The maximum Gasteiger partial charge on any atom is 0.251 e. The first-order valence-electron chi connectivity index (χ1n) is 9.57. The van der Waals surface area contributed by atoms with Gasteiger partial charge in [0, 0.05) is 18.8 Å². The van der Waals surface area contributed by atoms with Gasteiger partial charge in [0.25, 0.3) is 5.89 Å². The predicted octanol–water partition coefficient (Wildman–Crippen LogP) is 2.91. The zero-order valence-corrected chi connectivity index (χ0v) is 15.9. The van der Waals surface area contributed by atoms with Crippen LogP contribution in [-0.4, -0.2) is 37.1 Å². The fourth-order valence-electron chi connectivity index (χ4n) is 5.46. The second-order valence-electron chi connectivity index (χ2n) is 8.52. The van der Waals surface area contributed by atoms with Crippen LogP contribution in [0.1, 0.15) is 57.5 Å². The Kier molecular flexibility index (Phi) is 4.42. The van der Waals surface area contributed by atoms with Gasteiger partial charge in [0.1, 0.15) is 0 Å². The number of aliphatic imine (C=N–C) groups is 1. The van der Waals surface area contributed by atoms with Crippen LogP contribution in [-0.2, 0) is 0 Å². The molecule has 2 bridgehead atoms. The van der Waals surface area contributed by atoms with Gasteiger partial charge in [0.05, 0.1) is 28.1 Å². The Labute approximate surface area is 158 Å². The Bertz CT molecular complexity index is 824. The minimum absolute atomic E-state index is 0.321. The average molecular weight is 369 g/mol. The third-order valence-corrected chi connectivity index (χ3v) is 5.79. The molecular weight excluding hydrogens is 342 g/mol. The Morgan fingerprint density at radius 3 is 2.63 bits per heavy atom. The lowest BCUT2D eigenvalue weighted by atomic mass is 9.59. The zero-order valence-electron chi connectivity index (χ0n) is 15.9. The highest BCUT2D eigenvalue weighted by atomic mass is 16.4. The van der Waals surface area contributed by atoms with Gasteiger partial charge in [-0.25, -0.2) is 0 Å². The topological polar surface area (TPSA) is 113 Å². The standard InChI is InChI=1S/C20H27N5O2/c1-13-6-19(7-14(2)9-20(26,8-13)11-19)24-17(16-4-3-5-22-16)15(10-21)18-25-23-12-27-18/h3-5,10,12-14,22,26H,6-9,11,21H2,1-2H3/t13-,14+,19?,20?. The van der Waals surface area contributed by atoms with Crippen molar-refractivity contribution in [2.24, 2.45) is 22.6 Å². The van der Waals surface area contributed by atoms with Crippen molar-refractivity contribution in [3.8, 4) is 0 Å². The highest BCUT2D eigenvalue weighted by Gasteiger charge is 2.51. The number of fused-ring (bicyclic) bond motifs is 2. The molecule has 2 aliphatic carbocycles. The van der Waals surface area contributed by atoms with Crippen LogP contribution in [0.25, 0.3) is 5.57 Å². The van der Waals surface area contributed by atoms with Crippen LogP contribution in [0.5, 0.6) is 0 Å². The number of hydrogen-bond donors (Lipinski definition) is 3. The molecule has 2 unspecified atom stereocenters. The molecule has 2 fully saturated rings. The fraction of sp³-hybridized carbons (Fsp3) is 0.550. The molecule has 7 nitrogen and oxygen atoms in total. The van der Waals surface area contributed by atoms with Crippen LogP contribution in [0.4, 0.5) is 0 Å². The van der Waals surface area contributed by atoms with E-state index in [2.05, 4.69) is 29.0 Å². The Morgan fingerprint density at radius 2 is 2.07 bits per heavy atom. The van der Waals surface area contributed by atoms with E-state index in [1.54, 1.807) is 0 Å². The lowest BCUT2D eigenvalue weighted by Crippen LogP contribution is -2.53. The SMILES string of the molecule is C[C@@H]1CC2(O)C[C@H](C)CC(N=C(C(=CN)c3nnco3)c3ccc[nH]3)(C1)C2. The molecule has 144 valence electrons. The Morgan fingerprint density at radius 1 is 1.33 bits per heavy atom. The van der Waals surface area contributed by atoms with Crippen molar-refractivity contribution in [2.75, 3.05) is 0 Å². The third kappa shape index (κ3) is 3.43. The van der Waals surface area contributed by atoms with Crippen LogP contribution in [0.2, 0.25) is 0 Å². The molecule has 2 aliphatic rings. The molecule has 2 heterocycles. The molecule has 0 spiro atoms. The summed E-state index contributed by atoms with van der Waals surface area (Å²) in [5, 5.41) is 19.0. The number of aromatic nitrogens is 3. The number of aromatic amines is 1. The molecule has 4 N–H and O–H groups in total. The normalized spacial score (nSPS) is 34.6. The number of aliphatic hydroxyl groups is 1. The van der Waals surface area contributed by atoms with E-state index in [9.17, 15) is 5.11 Å². The van der Waals surface area contributed by atoms with Gasteiger partial charge >= 0.3 is 0 Å². The van der Waals surface area contributed by atoms with Crippen molar-refractivity contribution in [1.82, 2.24) is 15.2 Å². The van der Waals surface area contributed by atoms with Crippen LogP contribution < -0.4 is 5.73 Å². The highest BCUT2D eigenvalue weighted by molar-refractivity contribution is 6.30. The van der Waals surface area contributed by atoms with Crippen LogP contribution in [0.3, 0.4) is 0 Å². The monoisotopic (exact) mass is 369 g/mol. The highest BCUT2D eigenvalue weighted by Crippen LogP contribution is 2.52. The van der Waals surface area contributed by atoms with Crippen molar-refractivity contribution in [3.05, 3.63) is 42.5 Å². The van der Waals surface area contributed by atoms with E-state index in [1.165, 1.54) is 12.6 Å². The largest absolute Gasteiger partial charge is 0.423 e. The van der Waals surface area contributed by atoms with Crippen molar-refractivity contribution < 1.29 is 9.52 Å². The smallest absolute Gasteiger partial charge is 0.251 e. The Hall–Kier alpha value is -2.41. The van der Waals surface area contributed by atoms with E-state index in [-0.39, 0.29) is 5.54 Å². The summed E-state index contributed by atoms with van der Waals surface area (Å²) in [6, 6.07) is 3.88. The minimum Gasteiger partial charge on any atom is -0.423 e. The number of H-pyrrole nitrogens is 1. The van der Waals surface area contributed by atoms with Crippen LogP contribution in [0, 0.1) is 11.8 Å². The van der Waals surface area contributed by atoms with Gasteiger partial charge in [-0.2, -0.15) is 0 Å². The van der Waals surface area contributed by atoms with Gasteiger partial charge < -0.3 is 20.2 Å². The maximum atomic E-state index is 11.2. The summed E-state index contributed by atoms with van der Waals surface area (Å²) >= 11 is 0. The first-order chi connectivity index (χ1) is 12.9. The summed E-state index contributed by atoms with van der Waals surface area (Å²) in [5.74, 6) is 1.17. The molecular formula is C20H27N5O2. The molecule has 0 amide bonds.